The molecule has 0 atom stereocenters. The first-order valence-corrected chi connectivity index (χ1v) is 18.8. The summed E-state index contributed by atoms with van der Waals surface area (Å²) in [6, 6.07) is 67.3. The van der Waals surface area contributed by atoms with Gasteiger partial charge in [-0.15, -0.1) is 0 Å². The minimum Gasteiger partial charge on any atom is -0.456 e. The lowest BCUT2D eigenvalue weighted by Gasteiger charge is -2.12. The molecule has 11 rings (SSSR count). The quantitative estimate of drug-likeness (QED) is 0.172. The monoisotopic (exact) mass is 716 g/mol. The second kappa shape index (κ2) is 13.0. The lowest BCUT2D eigenvalue weighted by molar-refractivity contribution is 0.669. The van der Waals surface area contributed by atoms with E-state index in [1.807, 2.05) is 48.5 Å². The highest BCUT2D eigenvalue weighted by Gasteiger charge is 2.23. The average molecular weight is 717 g/mol. The predicted octanol–water partition coefficient (Wildman–Crippen LogP) is 13.2. The minimum absolute atomic E-state index is 0.583. The Balaban J connectivity index is 1.17. The number of aromatic nitrogens is 4. The van der Waals surface area contributed by atoms with Gasteiger partial charge in [0.1, 0.15) is 11.2 Å². The first-order valence-electron chi connectivity index (χ1n) is 18.8. The third-order valence-electron chi connectivity index (χ3n) is 10.7. The molecule has 0 spiro atoms. The van der Waals surface area contributed by atoms with Crippen LogP contribution in [0.15, 0.2) is 199 Å². The van der Waals surface area contributed by atoms with Crippen LogP contribution in [0, 0.1) is 0 Å². The number of fused-ring (bicyclic) bond motifs is 7. The van der Waals surface area contributed by atoms with E-state index in [2.05, 4.69) is 150 Å². The van der Waals surface area contributed by atoms with Crippen LogP contribution in [0.3, 0.4) is 0 Å². The van der Waals surface area contributed by atoms with Gasteiger partial charge in [0.15, 0.2) is 17.5 Å². The van der Waals surface area contributed by atoms with Crippen LogP contribution in [0.5, 0.6) is 0 Å². The summed E-state index contributed by atoms with van der Waals surface area (Å²) < 4.78 is 9.07. The standard InChI is InChI=1S/C51H32N4O/c1-4-14-33(15-5-1)35-26-28-39(29-27-35)55-43-24-11-10-22-40(43)41-30-31-45-47(48(41)55)46-42(23-13-25-44(46)56-45)51-53-49(36-18-8-3-9-19-36)52-50(54-51)38-21-12-20-37(32-38)34-16-6-2-7-17-34/h1-32H. The van der Waals surface area contributed by atoms with Crippen molar-refractivity contribution in [3.63, 3.8) is 0 Å². The van der Waals surface area contributed by atoms with Gasteiger partial charge in [0.2, 0.25) is 0 Å². The second-order valence-electron chi connectivity index (χ2n) is 14.0. The molecule has 0 saturated carbocycles. The molecule has 5 heteroatoms. The molecular formula is C51H32N4O. The zero-order valence-corrected chi connectivity index (χ0v) is 30.2. The summed E-state index contributed by atoms with van der Waals surface area (Å²) in [6.07, 6.45) is 0. The van der Waals surface area contributed by atoms with Crippen molar-refractivity contribution in [2.45, 2.75) is 0 Å². The highest BCUT2D eigenvalue weighted by molar-refractivity contribution is 6.26. The van der Waals surface area contributed by atoms with Crippen LogP contribution in [-0.2, 0) is 0 Å². The van der Waals surface area contributed by atoms with Crippen molar-refractivity contribution in [2.24, 2.45) is 0 Å². The van der Waals surface area contributed by atoms with Crippen molar-refractivity contribution in [3.05, 3.63) is 194 Å². The average Bonchev–Trinajstić information content (AvgIpc) is 3.83. The Labute approximate surface area is 322 Å². The van der Waals surface area contributed by atoms with Crippen LogP contribution in [-0.4, -0.2) is 19.5 Å². The summed E-state index contributed by atoms with van der Waals surface area (Å²) in [6.45, 7) is 0. The number of hydrogen-bond donors (Lipinski definition) is 0. The van der Waals surface area contributed by atoms with Crippen LogP contribution in [0.2, 0.25) is 0 Å². The number of para-hydroxylation sites is 1. The molecule has 11 aromatic rings. The Kier molecular flexibility index (Phi) is 7.42. The molecule has 8 aromatic carbocycles. The number of hydrogen-bond acceptors (Lipinski definition) is 4. The Bertz CT molecular complexity index is 3220. The third-order valence-corrected chi connectivity index (χ3v) is 10.7. The van der Waals surface area contributed by atoms with Gasteiger partial charge in [-0.05, 0) is 64.7 Å². The molecule has 3 aromatic heterocycles. The van der Waals surface area contributed by atoms with Crippen LogP contribution >= 0.6 is 0 Å². The van der Waals surface area contributed by atoms with Gasteiger partial charge in [-0.25, -0.2) is 15.0 Å². The van der Waals surface area contributed by atoms with Crippen molar-refractivity contribution in [1.82, 2.24) is 19.5 Å². The zero-order chi connectivity index (χ0) is 37.0. The molecule has 0 N–H and O–H groups in total. The number of nitrogens with zero attached hydrogens (tertiary/aromatic N) is 4. The summed E-state index contributed by atoms with van der Waals surface area (Å²) >= 11 is 0. The van der Waals surface area contributed by atoms with E-state index in [0.29, 0.717) is 17.5 Å². The van der Waals surface area contributed by atoms with Crippen molar-refractivity contribution < 1.29 is 4.42 Å². The molecular weight excluding hydrogens is 685 g/mol. The predicted molar refractivity (Wildman–Crippen MR) is 229 cm³/mol. The SMILES string of the molecule is c1ccc(-c2ccc(-n3c4ccccc4c4ccc5oc6cccc(-c7nc(-c8ccccc8)nc(-c8cccc(-c9ccccc9)c8)n7)c6c5c43)cc2)cc1. The first kappa shape index (κ1) is 31.9. The summed E-state index contributed by atoms with van der Waals surface area (Å²) in [5, 5.41) is 4.31. The largest absolute Gasteiger partial charge is 0.456 e. The van der Waals surface area contributed by atoms with Gasteiger partial charge in [0.05, 0.1) is 16.4 Å². The molecule has 0 aliphatic rings. The highest BCUT2D eigenvalue weighted by atomic mass is 16.3. The van der Waals surface area contributed by atoms with E-state index < -0.39 is 0 Å². The Morgan fingerprint density at radius 2 is 0.911 bits per heavy atom. The maximum Gasteiger partial charge on any atom is 0.164 e. The van der Waals surface area contributed by atoms with Crippen molar-refractivity contribution in [1.29, 1.82) is 0 Å². The smallest absolute Gasteiger partial charge is 0.164 e. The fraction of sp³-hybridized carbons (Fsp3) is 0. The van der Waals surface area contributed by atoms with Gasteiger partial charge in [-0.1, -0.05) is 152 Å². The summed E-state index contributed by atoms with van der Waals surface area (Å²) in [5.41, 5.74) is 12.2. The van der Waals surface area contributed by atoms with Crippen molar-refractivity contribution in [2.75, 3.05) is 0 Å². The van der Waals surface area contributed by atoms with Gasteiger partial charge >= 0.3 is 0 Å². The number of benzene rings is 8. The van der Waals surface area contributed by atoms with Crippen LogP contribution in [0.4, 0.5) is 0 Å². The fourth-order valence-electron chi connectivity index (χ4n) is 8.06. The third kappa shape index (κ3) is 5.29. The fourth-order valence-corrected chi connectivity index (χ4v) is 8.06. The number of rotatable bonds is 6. The van der Waals surface area contributed by atoms with E-state index in [1.54, 1.807) is 0 Å². The number of furan rings is 1. The lowest BCUT2D eigenvalue weighted by atomic mass is 10.0. The van der Waals surface area contributed by atoms with Gasteiger partial charge in [-0.2, -0.15) is 0 Å². The lowest BCUT2D eigenvalue weighted by Crippen LogP contribution is -2.00. The summed E-state index contributed by atoms with van der Waals surface area (Å²) in [7, 11) is 0. The summed E-state index contributed by atoms with van der Waals surface area (Å²) in [4.78, 5) is 15.5. The van der Waals surface area contributed by atoms with E-state index in [4.69, 9.17) is 19.4 Å². The molecule has 5 nitrogen and oxygen atoms in total. The highest BCUT2D eigenvalue weighted by Crippen LogP contribution is 2.44. The van der Waals surface area contributed by atoms with E-state index in [1.165, 1.54) is 16.5 Å². The van der Waals surface area contributed by atoms with E-state index in [-0.39, 0.29) is 0 Å². The van der Waals surface area contributed by atoms with E-state index >= 15 is 0 Å². The minimum atomic E-state index is 0.583. The Morgan fingerprint density at radius 1 is 0.357 bits per heavy atom. The van der Waals surface area contributed by atoms with Gasteiger partial charge in [0.25, 0.3) is 0 Å². The Morgan fingerprint density at radius 3 is 1.66 bits per heavy atom. The molecule has 0 aliphatic carbocycles. The maximum absolute atomic E-state index is 6.70. The summed E-state index contributed by atoms with van der Waals surface area (Å²) in [5.74, 6) is 1.80. The Hall–Kier alpha value is -7.63. The van der Waals surface area contributed by atoms with Crippen LogP contribution in [0.25, 0.3) is 106 Å². The molecule has 0 saturated heterocycles. The molecule has 262 valence electrons. The second-order valence-corrected chi connectivity index (χ2v) is 14.0. The van der Waals surface area contributed by atoms with E-state index in [9.17, 15) is 0 Å². The molecule has 0 aliphatic heterocycles. The molecule has 56 heavy (non-hydrogen) atoms. The van der Waals surface area contributed by atoms with Crippen molar-refractivity contribution >= 4 is 43.7 Å². The molecule has 0 amide bonds. The topological polar surface area (TPSA) is 56.7 Å². The molecule has 0 fully saturated rings. The van der Waals surface area contributed by atoms with E-state index in [0.717, 1.165) is 71.9 Å². The van der Waals surface area contributed by atoms with Gasteiger partial charge < -0.3 is 8.98 Å². The van der Waals surface area contributed by atoms with Crippen LogP contribution in [0.1, 0.15) is 0 Å². The first-order chi connectivity index (χ1) is 27.8. The zero-order valence-electron chi connectivity index (χ0n) is 30.2. The molecule has 0 radical (unpaired) electrons. The molecule has 0 unspecified atom stereocenters. The van der Waals surface area contributed by atoms with Gasteiger partial charge in [0, 0.05) is 38.5 Å². The van der Waals surface area contributed by atoms with Crippen LogP contribution < -0.4 is 0 Å². The van der Waals surface area contributed by atoms with Crippen molar-refractivity contribution in [3.8, 4) is 62.1 Å². The molecule has 0 bridgehead atoms. The maximum atomic E-state index is 6.70. The normalized spacial score (nSPS) is 11.6. The van der Waals surface area contributed by atoms with Gasteiger partial charge in [-0.3, -0.25) is 0 Å². The molecule has 3 heterocycles.